The Hall–Kier alpha value is -0.0800. The predicted octanol–water partition coefficient (Wildman–Crippen LogP) is 0.342. The van der Waals surface area contributed by atoms with Crippen molar-refractivity contribution in [3.63, 3.8) is 0 Å². The maximum absolute atomic E-state index is 8.66. The third kappa shape index (κ3) is 5.92. The molecule has 2 unspecified atom stereocenters. The molecule has 0 saturated heterocycles. The number of hydrogen-bond acceptors (Lipinski definition) is 2. The smallest absolute Gasteiger partial charge is 0.0542 e. The molecule has 0 heterocycles. The molecular formula is C6H13O2. The Morgan fingerprint density at radius 2 is 1.88 bits per heavy atom. The fourth-order valence-corrected chi connectivity index (χ4v) is 0.434. The van der Waals surface area contributed by atoms with Gasteiger partial charge in [-0.15, -0.1) is 0 Å². The molecule has 8 heavy (non-hydrogen) atoms. The highest BCUT2D eigenvalue weighted by Gasteiger charge is 1.98. The van der Waals surface area contributed by atoms with Gasteiger partial charge in [0, 0.05) is 0 Å². The van der Waals surface area contributed by atoms with Gasteiger partial charge in [0.1, 0.15) is 0 Å². The second kappa shape index (κ2) is 3.87. The van der Waals surface area contributed by atoms with Gasteiger partial charge in [0.2, 0.25) is 0 Å². The van der Waals surface area contributed by atoms with E-state index >= 15 is 0 Å². The van der Waals surface area contributed by atoms with Crippen LogP contribution in [-0.2, 0) is 0 Å². The lowest BCUT2D eigenvalue weighted by molar-refractivity contribution is 0.145. The summed E-state index contributed by atoms with van der Waals surface area (Å²) in [7, 11) is 0. The van der Waals surface area contributed by atoms with Gasteiger partial charge in [0.05, 0.1) is 12.2 Å². The number of hydrogen-bond donors (Lipinski definition) is 2. The summed E-state index contributed by atoms with van der Waals surface area (Å²) < 4.78 is 0. The van der Waals surface area contributed by atoms with Gasteiger partial charge in [-0.05, 0) is 26.7 Å². The van der Waals surface area contributed by atoms with Gasteiger partial charge in [-0.2, -0.15) is 0 Å². The van der Waals surface area contributed by atoms with Crippen LogP contribution in [0.1, 0.15) is 19.8 Å². The Morgan fingerprint density at radius 3 is 2.00 bits per heavy atom. The fraction of sp³-hybridized carbons (Fsp3) is 0.833. The molecule has 2 atom stereocenters. The first-order valence-corrected chi connectivity index (χ1v) is 2.82. The molecule has 49 valence electrons. The minimum absolute atomic E-state index is 0.314. The molecule has 1 radical (unpaired) electrons. The molecule has 0 aromatic rings. The zero-order chi connectivity index (χ0) is 6.57. The summed E-state index contributed by atoms with van der Waals surface area (Å²) in [6.07, 6.45) is 0.374. The molecule has 0 fully saturated rings. The molecule has 0 aliphatic rings. The van der Waals surface area contributed by atoms with Crippen molar-refractivity contribution in [1.82, 2.24) is 0 Å². The van der Waals surface area contributed by atoms with Crippen LogP contribution in [0, 0.1) is 6.92 Å². The standard InChI is InChI=1S/C6H13O2/c1-5(7)3-4-6(2)8/h5-8H,1,3-4H2,2H3. The topological polar surface area (TPSA) is 40.5 Å². The largest absolute Gasteiger partial charge is 0.393 e. The third-order valence-corrected chi connectivity index (χ3v) is 0.918. The minimum atomic E-state index is -0.524. The van der Waals surface area contributed by atoms with Gasteiger partial charge in [-0.3, -0.25) is 0 Å². The van der Waals surface area contributed by atoms with Crippen LogP contribution in [0.3, 0.4) is 0 Å². The summed E-state index contributed by atoms with van der Waals surface area (Å²) in [5.74, 6) is 0. The Morgan fingerprint density at radius 1 is 1.38 bits per heavy atom. The summed E-state index contributed by atoms with van der Waals surface area (Å²) >= 11 is 0. The van der Waals surface area contributed by atoms with E-state index in [0.29, 0.717) is 12.8 Å². The van der Waals surface area contributed by atoms with Gasteiger partial charge in [-0.1, -0.05) is 0 Å². The van der Waals surface area contributed by atoms with Gasteiger partial charge < -0.3 is 10.2 Å². The van der Waals surface area contributed by atoms with Crippen molar-refractivity contribution >= 4 is 0 Å². The summed E-state index contributed by atoms with van der Waals surface area (Å²) in [6.45, 7) is 5.05. The molecule has 0 aromatic heterocycles. The quantitative estimate of drug-likeness (QED) is 0.559. The average Bonchev–Trinajstić information content (AvgIpc) is 1.61. The zero-order valence-electron chi connectivity index (χ0n) is 5.17. The molecule has 2 heteroatoms. The van der Waals surface area contributed by atoms with Crippen LogP contribution in [0.2, 0.25) is 0 Å². The van der Waals surface area contributed by atoms with E-state index in [4.69, 9.17) is 10.2 Å². The maximum Gasteiger partial charge on any atom is 0.0542 e. The van der Waals surface area contributed by atoms with Crippen molar-refractivity contribution in [2.45, 2.75) is 32.0 Å². The van der Waals surface area contributed by atoms with Crippen LogP contribution >= 0.6 is 0 Å². The van der Waals surface area contributed by atoms with Crippen molar-refractivity contribution in [1.29, 1.82) is 0 Å². The first kappa shape index (κ1) is 7.92. The number of aliphatic hydroxyl groups is 2. The van der Waals surface area contributed by atoms with E-state index in [1.54, 1.807) is 6.92 Å². The normalized spacial score (nSPS) is 18.0. The molecule has 0 aromatic carbocycles. The Labute approximate surface area is 50.2 Å². The van der Waals surface area contributed by atoms with Crippen LogP contribution in [0.4, 0.5) is 0 Å². The highest BCUT2D eigenvalue weighted by Crippen LogP contribution is 1.98. The molecule has 2 N–H and O–H groups in total. The molecule has 0 aliphatic carbocycles. The van der Waals surface area contributed by atoms with E-state index in [1.165, 1.54) is 0 Å². The van der Waals surface area contributed by atoms with Crippen molar-refractivity contribution in [2.24, 2.45) is 0 Å². The van der Waals surface area contributed by atoms with E-state index in [2.05, 4.69) is 6.92 Å². The van der Waals surface area contributed by atoms with E-state index < -0.39 is 6.10 Å². The van der Waals surface area contributed by atoms with Crippen LogP contribution in [0.5, 0.6) is 0 Å². The predicted molar refractivity (Wildman–Crippen MR) is 32.3 cm³/mol. The first-order valence-electron chi connectivity index (χ1n) is 2.82. The third-order valence-electron chi connectivity index (χ3n) is 0.918. The van der Waals surface area contributed by atoms with E-state index in [1.807, 2.05) is 0 Å². The SMILES string of the molecule is [CH2]C(O)CCC(C)O. The molecule has 0 saturated carbocycles. The number of aliphatic hydroxyl groups excluding tert-OH is 2. The second-order valence-corrected chi connectivity index (χ2v) is 2.08. The summed E-state index contributed by atoms with van der Waals surface area (Å²) in [6, 6.07) is 0. The first-order chi connectivity index (χ1) is 3.63. The van der Waals surface area contributed by atoms with Gasteiger partial charge in [0.25, 0.3) is 0 Å². The number of rotatable bonds is 3. The highest BCUT2D eigenvalue weighted by atomic mass is 16.3. The van der Waals surface area contributed by atoms with Crippen LogP contribution < -0.4 is 0 Å². The molecule has 0 amide bonds. The lowest BCUT2D eigenvalue weighted by atomic mass is 10.1. The average molecular weight is 117 g/mol. The minimum Gasteiger partial charge on any atom is -0.393 e. The van der Waals surface area contributed by atoms with Crippen molar-refractivity contribution in [3.8, 4) is 0 Å². The molecule has 0 spiro atoms. The van der Waals surface area contributed by atoms with Crippen molar-refractivity contribution in [2.75, 3.05) is 0 Å². The Bertz CT molecular complexity index is 42.5. The van der Waals surface area contributed by atoms with Gasteiger partial charge in [-0.25, -0.2) is 0 Å². The van der Waals surface area contributed by atoms with Crippen molar-refractivity contribution < 1.29 is 10.2 Å². The molecular weight excluding hydrogens is 104 g/mol. The van der Waals surface area contributed by atoms with E-state index in [9.17, 15) is 0 Å². The molecule has 2 nitrogen and oxygen atoms in total. The summed E-state index contributed by atoms with van der Waals surface area (Å²) in [4.78, 5) is 0. The highest BCUT2D eigenvalue weighted by molar-refractivity contribution is 4.58. The van der Waals surface area contributed by atoms with Crippen LogP contribution in [0.15, 0.2) is 0 Å². The Balaban J connectivity index is 2.93. The van der Waals surface area contributed by atoms with Gasteiger partial charge >= 0.3 is 0 Å². The lowest BCUT2D eigenvalue weighted by Gasteiger charge is -2.04. The molecule has 0 rings (SSSR count). The summed E-state index contributed by atoms with van der Waals surface area (Å²) in [5, 5.41) is 17.2. The second-order valence-electron chi connectivity index (χ2n) is 2.08. The van der Waals surface area contributed by atoms with Crippen LogP contribution in [0.25, 0.3) is 0 Å². The maximum atomic E-state index is 8.66. The molecule has 0 bridgehead atoms. The molecule has 0 aliphatic heterocycles. The summed E-state index contributed by atoms with van der Waals surface area (Å²) in [5.41, 5.74) is 0. The van der Waals surface area contributed by atoms with E-state index in [-0.39, 0.29) is 6.10 Å². The van der Waals surface area contributed by atoms with Crippen molar-refractivity contribution in [3.05, 3.63) is 6.92 Å². The monoisotopic (exact) mass is 117 g/mol. The Kier molecular flexibility index (Phi) is 3.83. The van der Waals surface area contributed by atoms with Crippen LogP contribution in [-0.4, -0.2) is 22.4 Å². The zero-order valence-corrected chi connectivity index (χ0v) is 5.17. The van der Waals surface area contributed by atoms with Gasteiger partial charge in [0.15, 0.2) is 0 Å². The fourth-order valence-electron chi connectivity index (χ4n) is 0.434. The van der Waals surface area contributed by atoms with E-state index in [0.717, 1.165) is 0 Å². The lowest BCUT2D eigenvalue weighted by Crippen LogP contribution is -2.06.